The van der Waals surface area contributed by atoms with Crippen LogP contribution < -0.4 is 11.3 Å². The van der Waals surface area contributed by atoms with Gasteiger partial charge in [0.1, 0.15) is 5.56 Å². The number of amides is 1. The second kappa shape index (κ2) is 3.93. The predicted molar refractivity (Wildman–Crippen MR) is 56.6 cm³/mol. The Morgan fingerprint density at radius 3 is 2.88 bits per heavy atom. The van der Waals surface area contributed by atoms with Crippen LogP contribution in [0.2, 0.25) is 0 Å². The lowest BCUT2D eigenvalue weighted by Gasteiger charge is -2.00. The standard InChI is InChI=1S/C10H8N4O2/c11-9(15)7-4-6(5-12-10(7)16)8-2-1-3-13-14-8/h1-5H,(H2,11,15)(H,12,16). The van der Waals surface area contributed by atoms with Gasteiger partial charge in [-0.05, 0) is 18.2 Å². The second-order valence-corrected chi connectivity index (χ2v) is 3.10. The number of pyridine rings is 1. The Balaban J connectivity index is 2.57. The molecule has 0 unspecified atom stereocenters. The largest absolute Gasteiger partial charge is 0.365 e. The van der Waals surface area contributed by atoms with Crippen molar-refractivity contribution in [2.75, 3.05) is 0 Å². The molecule has 2 aromatic rings. The highest BCUT2D eigenvalue weighted by molar-refractivity contribution is 5.93. The summed E-state index contributed by atoms with van der Waals surface area (Å²) in [5.74, 6) is -0.771. The van der Waals surface area contributed by atoms with Crippen LogP contribution in [0, 0.1) is 0 Å². The molecule has 0 aliphatic carbocycles. The molecular formula is C10H8N4O2. The zero-order valence-corrected chi connectivity index (χ0v) is 8.18. The average Bonchev–Trinajstić information content (AvgIpc) is 2.30. The first kappa shape index (κ1) is 10.0. The molecule has 0 atom stereocenters. The van der Waals surface area contributed by atoms with Crippen LogP contribution in [0.1, 0.15) is 10.4 Å². The molecule has 1 amide bonds. The molecule has 0 aromatic carbocycles. The van der Waals surface area contributed by atoms with Crippen molar-refractivity contribution in [1.29, 1.82) is 0 Å². The van der Waals surface area contributed by atoms with Gasteiger partial charge >= 0.3 is 0 Å². The third-order valence-electron chi connectivity index (χ3n) is 2.04. The van der Waals surface area contributed by atoms with Crippen molar-refractivity contribution in [2.45, 2.75) is 0 Å². The normalized spacial score (nSPS) is 10.0. The molecule has 0 radical (unpaired) electrons. The molecule has 0 aliphatic rings. The highest BCUT2D eigenvalue weighted by atomic mass is 16.2. The van der Waals surface area contributed by atoms with E-state index in [9.17, 15) is 9.59 Å². The van der Waals surface area contributed by atoms with Crippen molar-refractivity contribution in [1.82, 2.24) is 15.2 Å². The fourth-order valence-corrected chi connectivity index (χ4v) is 1.27. The van der Waals surface area contributed by atoms with Crippen LogP contribution in [0.3, 0.4) is 0 Å². The monoisotopic (exact) mass is 216 g/mol. The van der Waals surface area contributed by atoms with E-state index in [4.69, 9.17) is 5.73 Å². The van der Waals surface area contributed by atoms with Gasteiger partial charge in [-0.1, -0.05) is 0 Å². The molecule has 0 saturated heterocycles. The van der Waals surface area contributed by atoms with E-state index >= 15 is 0 Å². The van der Waals surface area contributed by atoms with E-state index < -0.39 is 11.5 Å². The minimum Gasteiger partial charge on any atom is -0.365 e. The summed E-state index contributed by atoms with van der Waals surface area (Å²) >= 11 is 0. The summed E-state index contributed by atoms with van der Waals surface area (Å²) in [7, 11) is 0. The van der Waals surface area contributed by atoms with E-state index in [2.05, 4.69) is 15.2 Å². The maximum absolute atomic E-state index is 11.3. The Hall–Kier alpha value is -2.50. The van der Waals surface area contributed by atoms with Gasteiger partial charge in [0.15, 0.2) is 0 Å². The van der Waals surface area contributed by atoms with Gasteiger partial charge in [0.05, 0.1) is 5.69 Å². The number of nitrogens with one attached hydrogen (secondary N) is 1. The summed E-state index contributed by atoms with van der Waals surface area (Å²) in [5, 5.41) is 7.55. The van der Waals surface area contributed by atoms with E-state index in [1.807, 2.05) is 0 Å². The van der Waals surface area contributed by atoms with E-state index in [0.29, 0.717) is 11.3 Å². The SMILES string of the molecule is NC(=O)c1cc(-c2cccnn2)c[nH]c1=O. The highest BCUT2D eigenvalue weighted by Crippen LogP contribution is 2.13. The van der Waals surface area contributed by atoms with Gasteiger partial charge in [-0.15, -0.1) is 0 Å². The maximum Gasteiger partial charge on any atom is 0.260 e. The third kappa shape index (κ3) is 1.81. The first-order valence-electron chi connectivity index (χ1n) is 4.49. The first-order valence-corrected chi connectivity index (χ1v) is 4.49. The van der Waals surface area contributed by atoms with E-state index in [-0.39, 0.29) is 5.56 Å². The van der Waals surface area contributed by atoms with E-state index in [1.54, 1.807) is 12.1 Å². The molecule has 80 valence electrons. The first-order chi connectivity index (χ1) is 7.68. The van der Waals surface area contributed by atoms with Crippen molar-refractivity contribution >= 4 is 5.91 Å². The van der Waals surface area contributed by atoms with Gasteiger partial charge in [-0.2, -0.15) is 10.2 Å². The smallest absolute Gasteiger partial charge is 0.260 e. The Morgan fingerprint density at radius 2 is 2.25 bits per heavy atom. The van der Waals surface area contributed by atoms with Crippen LogP contribution in [0.5, 0.6) is 0 Å². The van der Waals surface area contributed by atoms with E-state index in [0.717, 1.165) is 0 Å². The molecule has 2 aromatic heterocycles. The van der Waals surface area contributed by atoms with Crippen molar-refractivity contribution in [3.8, 4) is 11.3 Å². The molecule has 2 heterocycles. The molecule has 6 heteroatoms. The van der Waals surface area contributed by atoms with Crippen LogP contribution in [0.25, 0.3) is 11.3 Å². The van der Waals surface area contributed by atoms with Crippen LogP contribution in [0.15, 0.2) is 35.4 Å². The van der Waals surface area contributed by atoms with Gasteiger partial charge in [0.2, 0.25) is 0 Å². The molecule has 3 N–H and O–H groups in total. The van der Waals surface area contributed by atoms with Crippen molar-refractivity contribution in [3.63, 3.8) is 0 Å². The summed E-state index contributed by atoms with van der Waals surface area (Å²) < 4.78 is 0. The Kier molecular flexibility index (Phi) is 2.47. The third-order valence-corrected chi connectivity index (χ3v) is 2.04. The number of H-pyrrole nitrogens is 1. The predicted octanol–water partition coefficient (Wildman–Crippen LogP) is -0.0692. The summed E-state index contributed by atoms with van der Waals surface area (Å²) in [4.78, 5) is 24.6. The minimum absolute atomic E-state index is 0.0943. The lowest BCUT2D eigenvalue weighted by Crippen LogP contribution is -2.23. The molecule has 6 nitrogen and oxygen atoms in total. The quantitative estimate of drug-likeness (QED) is 0.733. The molecule has 0 bridgehead atoms. The molecule has 2 rings (SSSR count). The van der Waals surface area contributed by atoms with Gasteiger partial charge in [-0.3, -0.25) is 9.59 Å². The topological polar surface area (TPSA) is 102 Å². The molecular weight excluding hydrogens is 208 g/mol. The van der Waals surface area contributed by atoms with Crippen LogP contribution in [0.4, 0.5) is 0 Å². The number of carbonyl (C=O) groups excluding carboxylic acids is 1. The fourth-order valence-electron chi connectivity index (χ4n) is 1.27. The van der Waals surface area contributed by atoms with Crippen molar-refractivity contribution < 1.29 is 4.79 Å². The molecule has 0 aliphatic heterocycles. The Morgan fingerprint density at radius 1 is 1.44 bits per heavy atom. The van der Waals surface area contributed by atoms with Gasteiger partial charge < -0.3 is 10.7 Å². The van der Waals surface area contributed by atoms with E-state index in [1.165, 1.54) is 18.5 Å². The highest BCUT2D eigenvalue weighted by Gasteiger charge is 2.08. The van der Waals surface area contributed by atoms with Crippen LogP contribution in [-0.4, -0.2) is 21.1 Å². The van der Waals surface area contributed by atoms with Gasteiger partial charge in [-0.25, -0.2) is 0 Å². The lowest BCUT2D eigenvalue weighted by atomic mass is 10.1. The van der Waals surface area contributed by atoms with Gasteiger partial charge in [0, 0.05) is 18.0 Å². The lowest BCUT2D eigenvalue weighted by molar-refractivity contribution is 0.0999. The molecule has 0 saturated carbocycles. The molecule has 0 spiro atoms. The number of carbonyl (C=O) groups is 1. The maximum atomic E-state index is 11.3. The fraction of sp³-hybridized carbons (Fsp3) is 0. The summed E-state index contributed by atoms with van der Waals surface area (Å²) in [6, 6.07) is 4.81. The second-order valence-electron chi connectivity index (χ2n) is 3.10. The number of nitrogens with zero attached hydrogens (tertiary/aromatic N) is 2. The molecule has 16 heavy (non-hydrogen) atoms. The molecule has 0 fully saturated rings. The zero-order chi connectivity index (χ0) is 11.5. The average molecular weight is 216 g/mol. The van der Waals surface area contributed by atoms with Crippen LogP contribution >= 0.6 is 0 Å². The number of hydrogen-bond acceptors (Lipinski definition) is 4. The summed E-state index contributed by atoms with van der Waals surface area (Å²) in [6.45, 7) is 0. The number of aromatic nitrogens is 3. The Labute approximate surface area is 90.1 Å². The number of aromatic amines is 1. The van der Waals surface area contributed by atoms with Crippen molar-refractivity contribution in [2.24, 2.45) is 5.73 Å². The number of primary amides is 1. The summed E-state index contributed by atoms with van der Waals surface area (Å²) in [5.41, 5.74) is 5.60. The number of rotatable bonds is 2. The van der Waals surface area contributed by atoms with Gasteiger partial charge in [0.25, 0.3) is 11.5 Å². The Bertz CT molecular complexity index is 577. The number of hydrogen-bond donors (Lipinski definition) is 2. The van der Waals surface area contributed by atoms with Crippen molar-refractivity contribution in [3.05, 3.63) is 46.5 Å². The summed E-state index contributed by atoms with van der Waals surface area (Å²) in [6.07, 6.45) is 2.99. The number of nitrogens with two attached hydrogens (primary N) is 1. The zero-order valence-electron chi connectivity index (χ0n) is 8.18. The van der Waals surface area contributed by atoms with Crippen LogP contribution in [-0.2, 0) is 0 Å². The minimum atomic E-state index is -0.771.